The van der Waals surface area contributed by atoms with Crippen LogP contribution >= 0.6 is 15.9 Å². The number of benzene rings is 2. The van der Waals surface area contributed by atoms with Crippen molar-refractivity contribution in [2.45, 2.75) is 24.7 Å². The topological polar surface area (TPSA) is 28.3 Å². The van der Waals surface area contributed by atoms with Gasteiger partial charge >= 0.3 is 0 Å². The maximum absolute atomic E-state index is 5.58. The molecule has 0 spiro atoms. The van der Waals surface area contributed by atoms with Gasteiger partial charge in [-0.1, -0.05) is 40.2 Å². The molecule has 4 heteroatoms. The van der Waals surface area contributed by atoms with Crippen molar-refractivity contribution >= 4 is 26.8 Å². The second-order valence-corrected chi connectivity index (χ2v) is 9.36. The van der Waals surface area contributed by atoms with Crippen molar-refractivity contribution < 1.29 is 4.74 Å². The van der Waals surface area contributed by atoms with Gasteiger partial charge in [-0.15, -0.1) is 6.58 Å². The first-order chi connectivity index (χ1) is 14.1. The summed E-state index contributed by atoms with van der Waals surface area (Å²) in [4.78, 5) is 6.32. The van der Waals surface area contributed by atoms with Crippen molar-refractivity contribution in [1.82, 2.24) is 9.88 Å². The third-order valence-corrected chi connectivity index (χ3v) is 7.73. The standard InChI is InChI=1S/C25H27BrN2O/c1-3-11-28-12-10-25(17-6-4-7-19(13-17)29-2)15-23-20(14-18(25)16-28)24-21(26)8-5-9-22(24)27-23/h3-9,13,18,27H,1,10-12,14-16H2,2H3/t18?,25-/m1/s1. The molecular formula is C25H27BrN2O. The van der Waals surface area contributed by atoms with Crippen LogP contribution in [0.25, 0.3) is 10.9 Å². The Hall–Kier alpha value is -2.04. The lowest BCUT2D eigenvalue weighted by Gasteiger charge is -2.51. The molecule has 0 radical (unpaired) electrons. The number of rotatable bonds is 4. The average Bonchev–Trinajstić information content (AvgIpc) is 3.10. The third kappa shape index (κ3) is 3.04. The number of nitrogens with one attached hydrogen (secondary N) is 1. The Morgan fingerprint density at radius 1 is 1.31 bits per heavy atom. The van der Waals surface area contributed by atoms with Crippen LogP contribution in [0.3, 0.4) is 0 Å². The number of aromatic nitrogens is 1. The highest BCUT2D eigenvalue weighted by Crippen LogP contribution is 2.50. The Bertz CT molecular complexity index is 1070. The van der Waals surface area contributed by atoms with E-state index in [1.807, 2.05) is 6.08 Å². The molecule has 29 heavy (non-hydrogen) atoms. The summed E-state index contributed by atoms with van der Waals surface area (Å²) in [7, 11) is 1.76. The molecule has 2 atom stereocenters. The average molecular weight is 451 g/mol. The summed E-state index contributed by atoms with van der Waals surface area (Å²) in [5, 5.41) is 1.36. The first-order valence-corrected chi connectivity index (χ1v) is 11.2. The second-order valence-electron chi connectivity index (χ2n) is 8.51. The second kappa shape index (κ2) is 7.33. The number of piperidine rings is 1. The minimum Gasteiger partial charge on any atom is -0.497 e. The molecule has 0 saturated carbocycles. The molecule has 1 aliphatic heterocycles. The molecule has 0 amide bonds. The van der Waals surface area contributed by atoms with E-state index in [9.17, 15) is 0 Å². The first kappa shape index (κ1) is 19.0. The van der Waals surface area contributed by atoms with Gasteiger partial charge in [0.15, 0.2) is 0 Å². The van der Waals surface area contributed by atoms with Gasteiger partial charge in [-0.3, -0.25) is 4.90 Å². The van der Waals surface area contributed by atoms with Crippen molar-refractivity contribution in [2.24, 2.45) is 5.92 Å². The van der Waals surface area contributed by atoms with Crippen LogP contribution < -0.4 is 4.74 Å². The van der Waals surface area contributed by atoms with Crippen LogP contribution in [-0.4, -0.2) is 36.6 Å². The zero-order chi connectivity index (χ0) is 20.0. The first-order valence-electron chi connectivity index (χ1n) is 10.4. The fourth-order valence-electron chi connectivity index (χ4n) is 5.66. The predicted molar refractivity (Wildman–Crippen MR) is 123 cm³/mol. The van der Waals surface area contributed by atoms with Crippen molar-refractivity contribution in [1.29, 1.82) is 0 Å². The zero-order valence-corrected chi connectivity index (χ0v) is 18.5. The number of fused-ring (bicyclic) bond motifs is 4. The van der Waals surface area contributed by atoms with Crippen molar-refractivity contribution in [2.75, 3.05) is 26.7 Å². The molecular weight excluding hydrogens is 424 g/mol. The molecule has 1 aromatic heterocycles. The molecule has 1 saturated heterocycles. The molecule has 150 valence electrons. The third-order valence-electron chi connectivity index (χ3n) is 7.07. The van der Waals surface area contributed by atoms with Gasteiger partial charge in [-0.2, -0.15) is 0 Å². The summed E-state index contributed by atoms with van der Waals surface area (Å²) in [6.07, 6.45) is 5.36. The van der Waals surface area contributed by atoms with E-state index in [4.69, 9.17) is 4.74 Å². The van der Waals surface area contributed by atoms with Gasteiger partial charge in [-0.25, -0.2) is 0 Å². The van der Waals surface area contributed by atoms with E-state index in [-0.39, 0.29) is 5.41 Å². The van der Waals surface area contributed by atoms with E-state index in [2.05, 4.69) is 74.9 Å². The molecule has 2 heterocycles. The monoisotopic (exact) mass is 450 g/mol. The molecule has 1 aliphatic carbocycles. The SMILES string of the molecule is C=CCN1CC[C@]2(c3cccc(OC)c3)Cc3[nH]c4cccc(Br)c4c3CC2C1. The van der Waals surface area contributed by atoms with Gasteiger partial charge in [0.05, 0.1) is 7.11 Å². The lowest BCUT2D eigenvalue weighted by molar-refractivity contribution is 0.0896. The molecule has 3 nitrogen and oxygen atoms in total. The molecule has 2 aliphatic rings. The highest BCUT2D eigenvalue weighted by molar-refractivity contribution is 9.10. The van der Waals surface area contributed by atoms with Gasteiger partial charge in [0.25, 0.3) is 0 Å². The Kier molecular flexibility index (Phi) is 4.79. The molecule has 0 bridgehead atoms. The maximum Gasteiger partial charge on any atom is 0.119 e. The number of hydrogen-bond donors (Lipinski definition) is 1. The number of halogens is 1. The predicted octanol–water partition coefficient (Wildman–Crippen LogP) is 5.48. The van der Waals surface area contributed by atoms with E-state index >= 15 is 0 Å². The number of likely N-dealkylation sites (tertiary alicyclic amines) is 1. The number of aromatic amines is 1. The van der Waals surface area contributed by atoms with Gasteiger partial charge in [0, 0.05) is 39.6 Å². The molecule has 1 fully saturated rings. The molecule has 3 aromatic rings. The van der Waals surface area contributed by atoms with E-state index < -0.39 is 0 Å². The summed E-state index contributed by atoms with van der Waals surface area (Å²) < 4.78 is 6.77. The summed E-state index contributed by atoms with van der Waals surface area (Å²) in [6.45, 7) is 7.16. The summed E-state index contributed by atoms with van der Waals surface area (Å²) in [6, 6.07) is 15.2. The van der Waals surface area contributed by atoms with Crippen LogP contribution in [0.4, 0.5) is 0 Å². The Labute approximate surface area is 180 Å². The van der Waals surface area contributed by atoms with Crippen molar-refractivity contribution in [3.05, 3.63) is 76.4 Å². The number of ether oxygens (including phenoxy) is 1. The summed E-state index contributed by atoms with van der Waals surface area (Å²) >= 11 is 3.80. The quantitative estimate of drug-likeness (QED) is 0.532. The van der Waals surface area contributed by atoms with Crippen LogP contribution in [0.5, 0.6) is 5.75 Å². The maximum atomic E-state index is 5.58. The van der Waals surface area contributed by atoms with Crippen LogP contribution in [0.2, 0.25) is 0 Å². The Morgan fingerprint density at radius 2 is 2.17 bits per heavy atom. The van der Waals surface area contributed by atoms with Gasteiger partial charge < -0.3 is 9.72 Å². The number of methoxy groups -OCH3 is 1. The minimum absolute atomic E-state index is 0.145. The number of nitrogens with zero attached hydrogens (tertiary/aromatic N) is 1. The number of H-pyrrole nitrogens is 1. The lowest BCUT2D eigenvalue weighted by Crippen LogP contribution is -2.53. The Balaban J connectivity index is 1.65. The van der Waals surface area contributed by atoms with Gasteiger partial charge in [0.1, 0.15) is 5.75 Å². The van der Waals surface area contributed by atoms with Crippen LogP contribution in [0.15, 0.2) is 59.6 Å². The normalized spacial score (nSPS) is 24.1. The van der Waals surface area contributed by atoms with E-state index in [0.29, 0.717) is 5.92 Å². The van der Waals surface area contributed by atoms with Gasteiger partial charge in [0.2, 0.25) is 0 Å². The molecule has 1 unspecified atom stereocenters. The number of hydrogen-bond acceptors (Lipinski definition) is 2. The molecule has 5 rings (SSSR count). The fourth-order valence-corrected chi connectivity index (χ4v) is 6.26. The highest BCUT2D eigenvalue weighted by atomic mass is 79.9. The largest absolute Gasteiger partial charge is 0.497 e. The van der Waals surface area contributed by atoms with Crippen LogP contribution in [-0.2, 0) is 18.3 Å². The van der Waals surface area contributed by atoms with Crippen LogP contribution in [0, 0.1) is 5.92 Å². The Morgan fingerprint density at radius 3 is 3.00 bits per heavy atom. The van der Waals surface area contributed by atoms with Crippen molar-refractivity contribution in [3.8, 4) is 5.75 Å². The summed E-state index contributed by atoms with van der Waals surface area (Å²) in [5.74, 6) is 1.52. The minimum atomic E-state index is 0.145. The van der Waals surface area contributed by atoms with Gasteiger partial charge in [-0.05, 0) is 67.1 Å². The lowest BCUT2D eigenvalue weighted by atomic mass is 9.58. The highest BCUT2D eigenvalue weighted by Gasteiger charge is 2.48. The van der Waals surface area contributed by atoms with E-state index in [0.717, 1.165) is 44.6 Å². The summed E-state index contributed by atoms with van der Waals surface area (Å²) in [5.41, 5.74) is 5.71. The van der Waals surface area contributed by atoms with E-state index in [1.54, 1.807) is 7.11 Å². The molecule has 2 aromatic carbocycles. The fraction of sp³-hybridized carbons (Fsp3) is 0.360. The van der Waals surface area contributed by atoms with Crippen LogP contribution in [0.1, 0.15) is 23.2 Å². The zero-order valence-electron chi connectivity index (χ0n) is 16.9. The van der Waals surface area contributed by atoms with Crippen molar-refractivity contribution in [3.63, 3.8) is 0 Å². The van der Waals surface area contributed by atoms with E-state index in [1.165, 1.54) is 32.2 Å². The smallest absolute Gasteiger partial charge is 0.119 e. The molecule has 1 N–H and O–H groups in total.